The molecule has 3 aromatic carbocycles. The van der Waals surface area contributed by atoms with Crippen LogP contribution in [0.1, 0.15) is 5.56 Å². The molecule has 0 saturated carbocycles. The molecule has 0 aliphatic heterocycles. The van der Waals surface area contributed by atoms with Gasteiger partial charge < -0.3 is 4.90 Å². The van der Waals surface area contributed by atoms with Gasteiger partial charge in [0, 0.05) is 25.3 Å². The van der Waals surface area contributed by atoms with Crippen molar-refractivity contribution >= 4 is 5.69 Å². The Kier molecular flexibility index (Phi) is 3.97. The molecule has 0 heterocycles. The summed E-state index contributed by atoms with van der Waals surface area (Å²) in [6.45, 7) is 2.12. The Labute approximate surface area is 132 Å². The molecule has 0 atom stereocenters. The predicted molar refractivity (Wildman–Crippen MR) is 96.4 cm³/mol. The smallest absolute Gasteiger partial charge is 0.0440 e. The van der Waals surface area contributed by atoms with E-state index in [4.69, 9.17) is 0 Å². The Morgan fingerprint density at radius 3 is 1.68 bits per heavy atom. The summed E-state index contributed by atoms with van der Waals surface area (Å²) in [7, 11) is 4.17. The zero-order chi connectivity index (χ0) is 15.5. The molecule has 0 bridgehead atoms. The fourth-order valence-electron chi connectivity index (χ4n) is 2.70. The maximum Gasteiger partial charge on any atom is 0.0440 e. The second-order valence-electron chi connectivity index (χ2n) is 5.85. The van der Waals surface area contributed by atoms with E-state index in [1.807, 2.05) is 0 Å². The van der Waals surface area contributed by atoms with Crippen LogP contribution in [0.2, 0.25) is 0 Å². The Hall–Kier alpha value is -2.54. The Morgan fingerprint density at radius 2 is 1.09 bits per heavy atom. The third-order valence-electron chi connectivity index (χ3n) is 3.97. The number of benzene rings is 3. The van der Waals surface area contributed by atoms with Crippen molar-refractivity contribution < 1.29 is 0 Å². The van der Waals surface area contributed by atoms with E-state index in [1.165, 1.54) is 33.5 Å². The van der Waals surface area contributed by atoms with Gasteiger partial charge >= 0.3 is 0 Å². The van der Waals surface area contributed by atoms with Crippen LogP contribution < -0.4 is 4.90 Å². The van der Waals surface area contributed by atoms with E-state index in [2.05, 4.69) is 98.7 Å². The first kappa shape index (κ1) is 14.4. The lowest BCUT2D eigenvalue weighted by Crippen LogP contribution is -2.09. The van der Waals surface area contributed by atoms with Gasteiger partial charge in [0.2, 0.25) is 0 Å². The number of aryl methyl sites for hydroxylation is 1. The van der Waals surface area contributed by atoms with Crippen LogP contribution in [-0.2, 0) is 0 Å². The highest BCUT2D eigenvalue weighted by Crippen LogP contribution is 2.31. The normalized spacial score (nSPS) is 10.5. The quantitative estimate of drug-likeness (QED) is 0.624. The summed E-state index contributed by atoms with van der Waals surface area (Å²) >= 11 is 0. The number of anilines is 1. The number of hydrogen-bond donors (Lipinski definition) is 0. The average molecular weight is 287 g/mol. The van der Waals surface area contributed by atoms with Gasteiger partial charge in [0.1, 0.15) is 0 Å². The van der Waals surface area contributed by atoms with Crippen molar-refractivity contribution in [2.45, 2.75) is 6.92 Å². The van der Waals surface area contributed by atoms with Crippen LogP contribution in [0.4, 0.5) is 5.69 Å². The summed E-state index contributed by atoms with van der Waals surface area (Å²) in [5, 5.41) is 0. The van der Waals surface area contributed by atoms with Crippen molar-refractivity contribution in [3.8, 4) is 22.3 Å². The highest BCUT2D eigenvalue weighted by molar-refractivity contribution is 5.80. The Bertz CT molecular complexity index is 753. The summed E-state index contributed by atoms with van der Waals surface area (Å²) in [4.78, 5) is 2.16. The van der Waals surface area contributed by atoms with E-state index in [0.717, 1.165) is 0 Å². The molecule has 0 saturated heterocycles. The number of para-hydroxylation sites is 1. The van der Waals surface area contributed by atoms with Crippen LogP contribution in [0.5, 0.6) is 0 Å². The maximum absolute atomic E-state index is 2.21. The molecule has 110 valence electrons. The molecular formula is C21H21N. The molecule has 0 aliphatic carbocycles. The third-order valence-corrected chi connectivity index (χ3v) is 3.97. The molecule has 0 aromatic heterocycles. The lowest BCUT2D eigenvalue weighted by Gasteiger charge is -2.17. The standard InChI is InChI=1S/C21H21N/c1-16-8-10-17(11-9-16)18-12-14-19(15-13-18)20-6-4-5-7-21(20)22(2)3/h4-15H,1-3H3. The zero-order valence-corrected chi connectivity index (χ0v) is 13.4. The van der Waals surface area contributed by atoms with Gasteiger partial charge in [-0.25, -0.2) is 0 Å². The molecular weight excluding hydrogens is 266 g/mol. The Morgan fingerprint density at radius 1 is 0.591 bits per heavy atom. The number of nitrogens with zero attached hydrogens (tertiary/aromatic N) is 1. The van der Waals surface area contributed by atoms with E-state index in [1.54, 1.807) is 0 Å². The summed E-state index contributed by atoms with van der Waals surface area (Å²) in [6.07, 6.45) is 0. The van der Waals surface area contributed by atoms with Crippen molar-refractivity contribution in [3.63, 3.8) is 0 Å². The van der Waals surface area contributed by atoms with Gasteiger partial charge in [0.05, 0.1) is 0 Å². The fraction of sp³-hybridized carbons (Fsp3) is 0.143. The minimum absolute atomic E-state index is 1.24. The molecule has 3 aromatic rings. The maximum atomic E-state index is 2.21. The van der Waals surface area contributed by atoms with Crippen LogP contribution >= 0.6 is 0 Å². The average Bonchev–Trinajstić information content (AvgIpc) is 2.56. The summed E-state index contributed by atoms with van der Waals surface area (Å²) in [5.41, 5.74) is 7.57. The lowest BCUT2D eigenvalue weighted by atomic mass is 9.98. The molecule has 3 rings (SSSR count). The van der Waals surface area contributed by atoms with Gasteiger partial charge in [0.25, 0.3) is 0 Å². The first-order valence-electron chi connectivity index (χ1n) is 7.59. The molecule has 0 spiro atoms. The van der Waals surface area contributed by atoms with Gasteiger partial charge in [-0.3, -0.25) is 0 Å². The molecule has 22 heavy (non-hydrogen) atoms. The molecule has 1 nitrogen and oxygen atoms in total. The van der Waals surface area contributed by atoms with Crippen molar-refractivity contribution in [1.29, 1.82) is 0 Å². The SMILES string of the molecule is Cc1ccc(-c2ccc(-c3ccccc3N(C)C)cc2)cc1. The highest BCUT2D eigenvalue weighted by atomic mass is 15.1. The van der Waals surface area contributed by atoms with Gasteiger partial charge in [0.15, 0.2) is 0 Å². The largest absolute Gasteiger partial charge is 0.377 e. The zero-order valence-electron chi connectivity index (χ0n) is 13.4. The minimum Gasteiger partial charge on any atom is -0.377 e. The van der Waals surface area contributed by atoms with Crippen molar-refractivity contribution in [3.05, 3.63) is 78.4 Å². The summed E-state index contributed by atoms with van der Waals surface area (Å²) < 4.78 is 0. The number of hydrogen-bond acceptors (Lipinski definition) is 1. The summed E-state index contributed by atoms with van der Waals surface area (Å²) in [5.74, 6) is 0. The van der Waals surface area contributed by atoms with Crippen LogP contribution in [-0.4, -0.2) is 14.1 Å². The number of rotatable bonds is 3. The molecule has 0 N–H and O–H groups in total. The Balaban J connectivity index is 1.97. The van der Waals surface area contributed by atoms with Crippen molar-refractivity contribution in [2.75, 3.05) is 19.0 Å². The third kappa shape index (κ3) is 2.89. The van der Waals surface area contributed by atoms with E-state index in [9.17, 15) is 0 Å². The van der Waals surface area contributed by atoms with Gasteiger partial charge in [-0.1, -0.05) is 72.3 Å². The molecule has 0 fully saturated rings. The van der Waals surface area contributed by atoms with Gasteiger partial charge in [-0.15, -0.1) is 0 Å². The molecule has 0 aliphatic rings. The van der Waals surface area contributed by atoms with E-state index in [-0.39, 0.29) is 0 Å². The van der Waals surface area contributed by atoms with Crippen molar-refractivity contribution in [2.24, 2.45) is 0 Å². The second-order valence-corrected chi connectivity index (χ2v) is 5.85. The predicted octanol–water partition coefficient (Wildman–Crippen LogP) is 5.40. The molecule has 0 radical (unpaired) electrons. The topological polar surface area (TPSA) is 3.24 Å². The highest BCUT2D eigenvalue weighted by Gasteiger charge is 2.06. The van der Waals surface area contributed by atoms with E-state index >= 15 is 0 Å². The van der Waals surface area contributed by atoms with Crippen LogP contribution in [0, 0.1) is 6.92 Å². The van der Waals surface area contributed by atoms with E-state index in [0.29, 0.717) is 0 Å². The van der Waals surface area contributed by atoms with Crippen LogP contribution in [0.3, 0.4) is 0 Å². The summed E-state index contributed by atoms with van der Waals surface area (Å²) in [6, 6.07) is 26.0. The van der Waals surface area contributed by atoms with Crippen LogP contribution in [0.25, 0.3) is 22.3 Å². The molecule has 1 heteroatoms. The van der Waals surface area contributed by atoms with Gasteiger partial charge in [-0.2, -0.15) is 0 Å². The van der Waals surface area contributed by atoms with Gasteiger partial charge in [-0.05, 0) is 29.7 Å². The first-order chi connectivity index (χ1) is 10.6. The lowest BCUT2D eigenvalue weighted by molar-refractivity contribution is 1.13. The van der Waals surface area contributed by atoms with Crippen molar-refractivity contribution in [1.82, 2.24) is 0 Å². The van der Waals surface area contributed by atoms with E-state index < -0.39 is 0 Å². The fourth-order valence-corrected chi connectivity index (χ4v) is 2.70. The monoisotopic (exact) mass is 287 g/mol. The first-order valence-corrected chi connectivity index (χ1v) is 7.59. The minimum atomic E-state index is 1.24. The molecule has 0 amide bonds. The second kappa shape index (κ2) is 6.07. The van der Waals surface area contributed by atoms with Crippen LogP contribution in [0.15, 0.2) is 72.8 Å². The molecule has 0 unspecified atom stereocenters.